The van der Waals surface area contributed by atoms with Gasteiger partial charge in [-0.2, -0.15) is 0 Å². The van der Waals surface area contributed by atoms with E-state index in [4.69, 9.17) is 13.9 Å². The number of hydrogen-bond acceptors (Lipinski definition) is 5. The molecule has 4 rings (SSSR count). The number of aryl methyl sites for hydroxylation is 1. The largest absolute Gasteiger partial charge is 0.497 e. The van der Waals surface area contributed by atoms with E-state index in [1.54, 1.807) is 19.4 Å². The molecule has 1 fully saturated rings. The van der Waals surface area contributed by atoms with Crippen LogP contribution in [0.4, 0.5) is 0 Å². The number of allylic oxidation sites excluding steroid dienone is 1. The molecular formula is C27H32N2O4. The van der Waals surface area contributed by atoms with Crippen LogP contribution in [0.3, 0.4) is 0 Å². The molecule has 0 unspecified atom stereocenters. The number of ether oxygens (including phenoxy) is 2. The zero-order valence-electron chi connectivity index (χ0n) is 20.1. The smallest absolute Gasteiger partial charge is 0.246 e. The standard InChI is InChI=1S/C27H32N2O4/c1-6-32-26-19(3)27-23(24(17-33-27)20-8-7-9-21(15-20)31-5)16-22(26)18(2)14-25(30)29-12-10-28(4)11-13-29/h7-9,14-17H,6,10-13H2,1-5H3/b18-14+. The van der Waals surface area contributed by atoms with E-state index in [0.29, 0.717) is 6.61 Å². The molecule has 2 aromatic carbocycles. The molecule has 6 heteroatoms. The van der Waals surface area contributed by atoms with Gasteiger partial charge in [-0.05, 0) is 57.2 Å². The van der Waals surface area contributed by atoms with Gasteiger partial charge in [0.25, 0.3) is 0 Å². The second-order valence-corrected chi connectivity index (χ2v) is 8.53. The Morgan fingerprint density at radius 3 is 2.64 bits per heavy atom. The van der Waals surface area contributed by atoms with Gasteiger partial charge >= 0.3 is 0 Å². The first-order valence-electron chi connectivity index (χ1n) is 11.4. The maximum Gasteiger partial charge on any atom is 0.246 e. The highest BCUT2D eigenvalue weighted by Gasteiger charge is 2.21. The van der Waals surface area contributed by atoms with Crippen LogP contribution in [0.1, 0.15) is 25.0 Å². The van der Waals surface area contributed by atoms with E-state index in [-0.39, 0.29) is 5.91 Å². The van der Waals surface area contributed by atoms with Gasteiger partial charge in [-0.3, -0.25) is 4.79 Å². The summed E-state index contributed by atoms with van der Waals surface area (Å²) in [5.74, 6) is 1.59. The summed E-state index contributed by atoms with van der Waals surface area (Å²) >= 11 is 0. The van der Waals surface area contributed by atoms with Gasteiger partial charge in [0.05, 0.1) is 20.0 Å². The summed E-state index contributed by atoms with van der Waals surface area (Å²) in [6.45, 7) is 9.76. The number of carbonyl (C=O) groups is 1. The molecule has 0 spiro atoms. The number of furan rings is 1. The Balaban J connectivity index is 1.79. The summed E-state index contributed by atoms with van der Waals surface area (Å²) in [5, 5.41) is 0.985. The molecule has 1 saturated heterocycles. The molecule has 2 heterocycles. The molecule has 0 saturated carbocycles. The third-order valence-electron chi connectivity index (χ3n) is 6.29. The number of benzene rings is 2. The Kier molecular flexibility index (Phi) is 6.75. The average molecular weight is 449 g/mol. The van der Waals surface area contributed by atoms with E-state index in [9.17, 15) is 4.79 Å². The number of fused-ring (bicyclic) bond motifs is 1. The van der Waals surface area contributed by atoms with Crippen molar-refractivity contribution in [1.82, 2.24) is 9.80 Å². The number of piperazine rings is 1. The van der Waals surface area contributed by atoms with Gasteiger partial charge in [0.2, 0.25) is 5.91 Å². The first-order chi connectivity index (χ1) is 15.9. The summed E-state index contributed by atoms with van der Waals surface area (Å²) in [7, 11) is 3.74. The van der Waals surface area contributed by atoms with Gasteiger partial charge in [-0.1, -0.05) is 12.1 Å². The van der Waals surface area contributed by atoms with E-state index < -0.39 is 0 Å². The van der Waals surface area contributed by atoms with Crippen LogP contribution >= 0.6 is 0 Å². The molecule has 174 valence electrons. The zero-order chi connectivity index (χ0) is 23.5. The lowest BCUT2D eigenvalue weighted by Crippen LogP contribution is -2.46. The number of methoxy groups -OCH3 is 1. The number of amides is 1. The molecule has 1 aromatic heterocycles. The topological polar surface area (TPSA) is 55.2 Å². The van der Waals surface area contributed by atoms with Crippen molar-refractivity contribution in [3.8, 4) is 22.6 Å². The van der Waals surface area contributed by atoms with Crippen molar-refractivity contribution in [3.63, 3.8) is 0 Å². The van der Waals surface area contributed by atoms with Crippen molar-refractivity contribution in [2.45, 2.75) is 20.8 Å². The first-order valence-corrected chi connectivity index (χ1v) is 11.4. The summed E-state index contributed by atoms with van der Waals surface area (Å²) in [6.07, 6.45) is 3.51. The molecule has 0 bridgehead atoms. The Bertz CT molecular complexity index is 1190. The van der Waals surface area contributed by atoms with Gasteiger partial charge in [0.15, 0.2) is 0 Å². The molecule has 3 aromatic rings. The third kappa shape index (κ3) is 4.62. The lowest BCUT2D eigenvalue weighted by molar-refractivity contribution is -0.127. The van der Waals surface area contributed by atoms with Gasteiger partial charge < -0.3 is 23.7 Å². The van der Waals surface area contributed by atoms with Crippen LogP contribution in [-0.4, -0.2) is 62.7 Å². The predicted molar refractivity (Wildman–Crippen MR) is 132 cm³/mol. The van der Waals surface area contributed by atoms with E-state index in [0.717, 1.165) is 76.5 Å². The quantitative estimate of drug-likeness (QED) is 0.497. The second-order valence-electron chi connectivity index (χ2n) is 8.53. The molecular weight excluding hydrogens is 416 g/mol. The fourth-order valence-electron chi connectivity index (χ4n) is 4.33. The number of likely N-dealkylation sites (N-methyl/N-ethyl adjacent to an activating group) is 1. The molecule has 1 amide bonds. The predicted octanol–water partition coefficient (Wildman–Crippen LogP) is 4.99. The summed E-state index contributed by atoms with van der Waals surface area (Å²) in [5.41, 5.74) is 5.50. The number of hydrogen-bond donors (Lipinski definition) is 0. The average Bonchev–Trinajstić information content (AvgIpc) is 3.25. The van der Waals surface area contributed by atoms with Gasteiger partial charge in [-0.25, -0.2) is 0 Å². The minimum Gasteiger partial charge on any atom is -0.497 e. The minimum atomic E-state index is 0.0426. The SMILES string of the molecule is CCOc1c(/C(C)=C/C(=O)N2CCN(C)CC2)cc2c(-c3cccc(OC)c3)coc2c1C. The molecule has 6 nitrogen and oxygen atoms in total. The van der Waals surface area contributed by atoms with Crippen LogP contribution in [0, 0.1) is 6.92 Å². The van der Waals surface area contributed by atoms with Crippen LogP contribution in [0.5, 0.6) is 11.5 Å². The normalized spacial score (nSPS) is 15.2. The fourth-order valence-corrected chi connectivity index (χ4v) is 4.33. The van der Waals surface area contributed by atoms with E-state index in [1.807, 2.05) is 49.9 Å². The minimum absolute atomic E-state index is 0.0426. The summed E-state index contributed by atoms with van der Waals surface area (Å²) in [4.78, 5) is 17.1. The van der Waals surface area contributed by atoms with Gasteiger partial charge in [0, 0.05) is 54.3 Å². The summed E-state index contributed by atoms with van der Waals surface area (Å²) < 4.78 is 17.4. The van der Waals surface area contributed by atoms with Crippen molar-refractivity contribution < 1.29 is 18.7 Å². The van der Waals surface area contributed by atoms with Crippen molar-refractivity contribution >= 4 is 22.4 Å². The second kappa shape index (κ2) is 9.71. The lowest BCUT2D eigenvalue weighted by Gasteiger charge is -2.31. The third-order valence-corrected chi connectivity index (χ3v) is 6.29. The highest BCUT2D eigenvalue weighted by atomic mass is 16.5. The molecule has 1 aliphatic rings. The monoisotopic (exact) mass is 448 g/mol. The Hall–Kier alpha value is -3.25. The molecule has 0 aliphatic carbocycles. The van der Waals surface area contributed by atoms with Crippen LogP contribution < -0.4 is 9.47 Å². The fraction of sp³-hybridized carbons (Fsp3) is 0.370. The molecule has 0 N–H and O–H groups in total. The van der Waals surface area contributed by atoms with Gasteiger partial charge in [0.1, 0.15) is 17.1 Å². The molecule has 0 radical (unpaired) electrons. The van der Waals surface area contributed by atoms with Crippen LogP contribution in [0.2, 0.25) is 0 Å². The van der Waals surface area contributed by atoms with Crippen molar-refractivity contribution in [1.29, 1.82) is 0 Å². The number of rotatable bonds is 6. The Labute approximate surface area is 195 Å². The van der Waals surface area contributed by atoms with Crippen LogP contribution in [0.25, 0.3) is 27.7 Å². The summed E-state index contributed by atoms with van der Waals surface area (Å²) in [6, 6.07) is 10.0. The van der Waals surface area contributed by atoms with Crippen molar-refractivity contribution in [3.05, 3.63) is 53.8 Å². The van der Waals surface area contributed by atoms with E-state index >= 15 is 0 Å². The molecule has 1 aliphatic heterocycles. The highest BCUT2D eigenvalue weighted by molar-refractivity contribution is 6.01. The number of carbonyl (C=O) groups excluding carboxylic acids is 1. The van der Waals surface area contributed by atoms with Crippen LogP contribution in [-0.2, 0) is 4.79 Å². The maximum absolute atomic E-state index is 13.0. The Morgan fingerprint density at radius 1 is 1.18 bits per heavy atom. The highest BCUT2D eigenvalue weighted by Crippen LogP contribution is 2.41. The van der Waals surface area contributed by atoms with Crippen molar-refractivity contribution in [2.75, 3.05) is 46.9 Å². The lowest BCUT2D eigenvalue weighted by atomic mass is 9.96. The maximum atomic E-state index is 13.0. The van der Waals surface area contributed by atoms with Crippen molar-refractivity contribution in [2.24, 2.45) is 0 Å². The van der Waals surface area contributed by atoms with E-state index in [2.05, 4.69) is 18.0 Å². The number of nitrogens with zero attached hydrogens (tertiary/aromatic N) is 2. The zero-order valence-corrected chi connectivity index (χ0v) is 20.1. The first kappa shape index (κ1) is 22.9. The van der Waals surface area contributed by atoms with Gasteiger partial charge in [-0.15, -0.1) is 0 Å². The van der Waals surface area contributed by atoms with E-state index in [1.165, 1.54) is 0 Å². The molecule has 33 heavy (non-hydrogen) atoms. The Morgan fingerprint density at radius 2 is 1.94 bits per heavy atom. The van der Waals surface area contributed by atoms with Crippen LogP contribution in [0.15, 0.2) is 47.1 Å². The molecule has 0 atom stereocenters.